The van der Waals surface area contributed by atoms with E-state index in [1.54, 1.807) is 0 Å². The highest BCUT2D eigenvalue weighted by molar-refractivity contribution is 9.10. The zero-order valence-corrected chi connectivity index (χ0v) is 13.2. The van der Waals surface area contributed by atoms with Gasteiger partial charge in [0, 0.05) is 11.0 Å². The first-order valence-electron chi connectivity index (χ1n) is 6.35. The predicted octanol–water partition coefficient (Wildman–Crippen LogP) is 3.73. The van der Waals surface area contributed by atoms with Crippen LogP contribution >= 0.6 is 15.9 Å². The quantitative estimate of drug-likeness (QED) is 0.661. The zero-order valence-electron chi connectivity index (χ0n) is 11.6. The Balaban J connectivity index is 2.16. The number of hydrogen-bond acceptors (Lipinski definition) is 3. The van der Waals surface area contributed by atoms with Crippen LogP contribution in [0.3, 0.4) is 0 Å². The van der Waals surface area contributed by atoms with E-state index in [1.165, 1.54) is 0 Å². The van der Waals surface area contributed by atoms with Crippen molar-refractivity contribution in [3.63, 3.8) is 0 Å². The Morgan fingerprint density at radius 1 is 1.32 bits per heavy atom. The van der Waals surface area contributed by atoms with Crippen molar-refractivity contribution in [2.24, 2.45) is 0 Å². The molecule has 0 saturated heterocycles. The van der Waals surface area contributed by atoms with E-state index >= 15 is 0 Å². The number of nitrogens with one attached hydrogen (secondary N) is 1. The molecule has 0 saturated carbocycles. The number of nitro benzene ring substituents is 1. The third kappa shape index (κ3) is 3.67. The third-order valence-electron chi connectivity index (χ3n) is 3.08. The molecule has 22 heavy (non-hydrogen) atoms. The molecule has 0 bridgehead atoms. The third-order valence-corrected chi connectivity index (χ3v) is 3.97. The minimum absolute atomic E-state index is 0.166. The van der Waals surface area contributed by atoms with Crippen molar-refractivity contribution < 1.29 is 14.1 Å². The number of amides is 1. The molecule has 0 radical (unpaired) electrons. The molecule has 0 aliphatic heterocycles. The van der Waals surface area contributed by atoms with E-state index in [0.29, 0.717) is 0 Å². The lowest BCUT2D eigenvalue weighted by Crippen LogP contribution is -2.23. The first-order valence-corrected chi connectivity index (χ1v) is 7.15. The first-order chi connectivity index (χ1) is 10.4. The van der Waals surface area contributed by atoms with Gasteiger partial charge in [0.15, 0.2) is 0 Å². The molecule has 0 heterocycles. The van der Waals surface area contributed by atoms with Crippen LogP contribution in [0.1, 0.15) is 21.5 Å². The van der Waals surface area contributed by atoms with Gasteiger partial charge in [0.05, 0.1) is 11.0 Å². The second kappa shape index (κ2) is 6.65. The summed E-state index contributed by atoms with van der Waals surface area (Å²) in [5, 5.41) is 13.5. The SMILES string of the molecule is Cc1cc(CNC(=O)c2ccc(F)cc2[N+](=O)[O-])ccc1Br. The van der Waals surface area contributed by atoms with Crippen LogP contribution in [0.25, 0.3) is 0 Å². The molecule has 0 spiro atoms. The maximum Gasteiger partial charge on any atom is 0.285 e. The molecule has 2 aromatic carbocycles. The minimum atomic E-state index is -0.776. The fourth-order valence-electron chi connectivity index (χ4n) is 1.94. The van der Waals surface area contributed by atoms with Crippen molar-refractivity contribution in [1.82, 2.24) is 5.32 Å². The minimum Gasteiger partial charge on any atom is -0.348 e. The molecule has 0 aromatic heterocycles. The number of rotatable bonds is 4. The van der Waals surface area contributed by atoms with Gasteiger partial charge in [0.1, 0.15) is 11.4 Å². The molecule has 0 unspecified atom stereocenters. The van der Waals surface area contributed by atoms with Gasteiger partial charge in [-0.1, -0.05) is 28.1 Å². The Morgan fingerprint density at radius 3 is 2.68 bits per heavy atom. The lowest BCUT2D eigenvalue weighted by atomic mass is 10.1. The summed E-state index contributed by atoms with van der Waals surface area (Å²) >= 11 is 3.38. The molecule has 2 rings (SSSR count). The van der Waals surface area contributed by atoms with Crippen molar-refractivity contribution >= 4 is 27.5 Å². The Hall–Kier alpha value is -2.28. The van der Waals surface area contributed by atoms with Crippen LogP contribution in [-0.4, -0.2) is 10.8 Å². The predicted molar refractivity (Wildman–Crippen MR) is 83.1 cm³/mol. The Morgan fingerprint density at radius 2 is 2.05 bits per heavy atom. The van der Waals surface area contributed by atoms with Crippen molar-refractivity contribution in [3.8, 4) is 0 Å². The van der Waals surface area contributed by atoms with E-state index in [-0.39, 0.29) is 12.1 Å². The van der Waals surface area contributed by atoms with Gasteiger partial charge in [0.25, 0.3) is 11.6 Å². The molecular formula is C15H12BrFN2O3. The summed E-state index contributed by atoms with van der Waals surface area (Å²) in [4.78, 5) is 22.2. The highest BCUT2D eigenvalue weighted by Crippen LogP contribution is 2.20. The average Bonchev–Trinajstić information content (AvgIpc) is 2.48. The Bertz CT molecular complexity index is 750. The Kier molecular flexibility index (Phi) is 4.87. The number of nitro groups is 1. The highest BCUT2D eigenvalue weighted by Gasteiger charge is 2.20. The fourth-order valence-corrected chi connectivity index (χ4v) is 2.19. The van der Waals surface area contributed by atoms with Crippen LogP contribution in [0.5, 0.6) is 0 Å². The van der Waals surface area contributed by atoms with Gasteiger partial charge in [-0.2, -0.15) is 0 Å². The van der Waals surface area contributed by atoms with Gasteiger partial charge in [-0.25, -0.2) is 4.39 Å². The van der Waals surface area contributed by atoms with E-state index in [2.05, 4.69) is 21.2 Å². The normalized spacial score (nSPS) is 10.3. The number of aryl methyl sites for hydroxylation is 1. The lowest BCUT2D eigenvalue weighted by Gasteiger charge is -2.07. The van der Waals surface area contributed by atoms with Crippen LogP contribution in [0.15, 0.2) is 40.9 Å². The van der Waals surface area contributed by atoms with Crippen LogP contribution in [0.2, 0.25) is 0 Å². The highest BCUT2D eigenvalue weighted by atomic mass is 79.9. The van der Waals surface area contributed by atoms with Crippen LogP contribution in [0, 0.1) is 22.9 Å². The number of carbonyl (C=O) groups excluding carboxylic acids is 1. The molecule has 7 heteroatoms. The summed E-state index contributed by atoms with van der Waals surface area (Å²) in [6.07, 6.45) is 0. The van der Waals surface area contributed by atoms with E-state index in [4.69, 9.17) is 0 Å². The maximum absolute atomic E-state index is 13.1. The smallest absolute Gasteiger partial charge is 0.285 e. The summed E-state index contributed by atoms with van der Waals surface area (Å²) in [7, 11) is 0. The number of carbonyl (C=O) groups is 1. The summed E-state index contributed by atoms with van der Waals surface area (Å²) in [6, 6.07) is 8.44. The van der Waals surface area contributed by atoms with Gasteiger partial charge in [-0.3, -0.25) is 14.9 Å². The molecule has 114 valence electrons. The molecule has 0 aliphatic rings. The van der Waals surface area contributed by atoms with Crippen LogP contribution in [-0.2, 0) is 6.54 Å². The first kappa shape index (κ1) is 16.1. The van der Waals surface area contributed by atoms with Crippen molar-refractivity contribution in [1.29, 1.82) is 0 Å². The van der Waals surface area contributed by atoms with Gasteiger partial charge in [-0.05, 0) is 36.2 Å². The Labute approximate surface area is 134 Å². The summed E-state index contributed by atoms with van der Waals surface area (Å²) in [5.74, 6) is -1.38. The number of hydrogen-bond donors (Lipinski definition) is 1. The largest absolute Gasteiger partial charge is 0.348 e. The molecule has 1 N–H and O–H groups in total. The summed E-state index contributed by atoms with van der Waals surface area (Å²) in [5.41, 5.74) is 1.16. The topological polar surface area (TPSA) is 72.2 Å². The summed E-state index contributed by atoms with van der Waals surface area (Å²) < 4.78 is 14.0. The van der Waals surface area contributed by atoms with Gasteiger partial charge < -0.3 is 5.32 Å². The number of halogens is 2. The van der Waals surface area contributed by atoms with Crippen molar-refractivity contribution in [3.05, 3.63) is 73.5 Å². The molecular weight excluding hydrogens is 355 g/mol. The molecule has 1 amide bonds. The monoisotopic (exact) mass is 366 g/mol. The molecule has 2 aromatic rings. The van der Waals surface area contributed by atoms with Crippen LogP contribution in [0.4, 0.5) is 10.1 Å². The fraction of sp³-hybridized carbons (Fsp3) is 0.133. The molecule has 0 atom stereocenters. The lowest BCUT2D eigenvalue weighted by molar-refractivity contribution is -0.385. The van der Waals surface area contributed by atoms with Gasteiger partial charge in [0.2, 0.25) is 0 Å². The van der Waals surface area contributed by atoms with E-state index in [0.717, 1.165) is 33.8 Å². The standard InChI is InChI=1S/C15H12BrFN2O3/c1-9-6-10(2-5-13(9)16)8-18-15(20)12-4-3-11(17)7-14(12)19(21)22/h2-7H,8H2,1H3,(H,18,20). The number of nitrogens with zero attached hydrogens (tertiary/aromatic N) is 1. The molecule has 5 nitrogen and oxygen atoms in total. The van der Waals surface area contributed by atoms with Gasteiger partial charge >= 0.3 is 0 Å². The van der Waals surface area contributed by atoms with E-state index in [9.17, 15) is 19.3 Å². The van der Waals surface area contributed by atoms with E-state index in [1.807, 2.05) is 25.1 Å². The van der Waals surface area contributed by atoms with Crippen molar-refractivity contribution in [2.75, 3.05) is 0 Å². The van der Waals surface area contributed by atoms with Gasteiger partial charge in [-0.15, -0.1) is 0 Å². The van der Waals surface area contributed by atoms with Crippen molar-refractivity contribution in [2.45, 2.75) is 13.5 Å². The second-order valence-electron chi connectivity index (χ2n) is 4.68. The van der Waals surface area contributed by atoms with E-state index < -0.39 is 22.3 Å². The second-order valence-corrected chi connectivity index (χ2v) is 5.54. The number of benzene rings is 2. The molecule has 0 fully saturated rings. The van der Waals surface area contributed by atoms with Crippen LogP contribution < -0.4 is 5.32 Å². The summed E-state index contributed by atoms with van der Waals surface area (Å²) in [6.45, 7) is 2.14. The molecule has 0 aliphatic carbocycles. The zero-order chi connectivity index (χ0) is 16.3. The average molecular weight is 367 g/mol. The maximum atomic E-state index is 13.1.